The van der Waals surface area contributed by atoms with Crippen molar-refractivity contribution in [3.05, 3.63) is 87.4 Å². The fourth-order valence-corrected chi connectivity index (χ4v) is 3.53. The van der Waals surface area contributed by atoms with E-state index in [0.29, 0.717) is 10.0 Å². The molecule has 0 aromatic heterocycles. The highest BCUT2D eigenvalue weighted by atomic mass is 35.5. The molecule has 2 aromatic carbocycles. The van der Waals surface area contributed by atoms with Gasteiger partial charge in [0.15, 0.2) is 0 Å². The molecule has 0 saturated heterocycles. The second-order valence-corrected chi connectivity index (χ2v) is 7.29. The van der Waals surface area contributed by atoms with E-state index in [2.05, 4.69) is 0 Å². The SMILES string of the molecule is O=C/C=C/C(=C\c1ccc(Cl)cc1)C(c1ccc(Cl)cc1)C1CC1C=O. The lowest BCUT2D eigenvalue weighted by molar-refractivity contribution is -0.109. The van der Waals surface area contributed by atoms with E-state index < -0.39 is 0 Å². The minimum Gasteiger partial charge on any atom is -0.303 e. The van der Waals surface area contributed by atoms with Gasteiger partial charge in [-0.1, -0.05) is 59.6 Å². The largest absolute Gasteiger partial charge is 0.303 e. The number of rotatable bonds is 7. The summed E-state index contributed by atoms with van der Waals surface area (Å²) in [6, 6.07) is 15.2. The van der Waals surface area contributed by atoms with Gasteiger partial charge >= 0.3 is 0 Å². The maximum atomic E-state index is 11.3. The van der Waals surface area contributed by atoms with Gasteiger partial charge in [-0.25, -0.2) is 0 Å². The zero-order chi connectivity index (χ0) is 18.5. The van der Waals surface area contributed by atoms with Crippen LogP contribution in [0.25, 0.3) is 6.08 Å². The smallest absolute Gasteiger partial charge is 0.142 e. The Labute approximate surface area is 163 Å². The molecule has 3 atom stereocenters. The summed E-state index contributed by atoms with van der Waals surface area (Å²) >= 11 is 12.0. The number of carbonyl (C=O) groups excluding carboxylic acids is 2. The average molecular weight is 385 g/mol. The Kier molecular flexibility index (Phi) is 6.08. The Morgan fingerprint density at radius 3 is 2.12 bits per heavy atom. The van der Waals surface area contributed by atoms with Crippen molar-refractivity contribution in [3.63, 3.8) is 0 Å². The summed E-state index contributed by atoms with van der Waals surface area (Å²) in [7, 11) is 0. The zero-order valence-corrected chi connectivity index (χ0v) is 15.5. The molecule has 0 aliphatic heterocycles. The highest BCUT2D eigenvalue weighted by Gasteiger charge is 2.44. The minimum absolute atomic E-state index is 0.0225. The van der Waals surface area contributed by atoms with Crippen molar-refractivity contribution in [1.82, 2.24) is 0 Å². The summed E-state index contributed by atoms with van der Waals surface area (Å²) in [4.78, 5) is 22.2. The molecule has 26 heavy (non-hydrogen) atoms. The number of halogens is 2. The number of allylic oxidation sites excluding steroid dienone is 3. The molecule has 2 aromatic rings. The van der Waals surface area contributed by atoms with Gasteiger partial charge in [0.25, 0.3) is 0 Å². The van der Waals surface area contributed by atoms with Gasteiger partial charge in [-0.15, -0.1) is 0 Å². The summed E-state index contributed by atoms with van der Waals surface area (Å²) in [6.07, 6.45) is 7.99. The maximum Gasteiger partial charge on any atom is 0.142 e. The first kappa shape index (κ1) is 18.6. The van der Waals surface area contributed by atoms with Gasteiger partial charge in [-0.3, -0.25) is 4.79 Å². The summed E-state index contributed by atoms with van der Waals surface area (Å²) < 4.78 is 0. The van der Waals surface area contributed by atoms with Crippen molar-refractivity contribution >= 4 is 41.9 Å². The molecule has 0 heterocycles. The van der Waals surface area contributed by atoms with Crippen LogP contribution in [0.1, 0.15) is 23.5 Å². The van der Waals surface area contributed by atoms with Crippen LogP contribution < -0.4 is 0 Å². The second kappa shape index (κ2) is 8.48. The fraction of sp³-hybridized carbons (Fsp3) is 0.182. The summed E-state index contributed by atoms with van der Waals surface area (Å²) in [5.74, 6) is 0.298. The molecular formula is C22H18Cl2O2. The standard InChI is InChI=1S/C22H18Cl2O2/c23-19-7-3-15(4-8-19)12-17(2-1-11-25)22(21-13-18(21)14-26)16-5-9-20(24)10-6-16/h1-12,14,18,21-22H,13H2/b2-1+,17-12+. The van der Waals surface area contributed by atoms with E-state index in [1.54, 1.807) is 0 Å². The van der Waals surface area contributed by atoms with Crippen molar-refractivity contribution < 1.29 is 9.59 Å². The average Bonchev–Trinajstić information content (AvgIpc) is 3.42. The van der Waals surface area contributed by atoms with E-state index in [1.165, 1.54) is 6.08 Å². The van der Waals surface area contributed by atoms with Crippen LogP contribution in [-0.2, 0) is 9.59 Å². The number of aldehydes is 2. The van der Waals surface area contributed by atoms with Crippen LogP contribution in [0.4, 0.5) is 0 Å². The van der Waals surface area contributed by atoms with E-state index in [1.807, 2.05) is 60.7 Å². The monoisotopic (exact) mass is 384 g/mol. The summed E-state index contributed by atoms with van der Waals surface area (Å²) in [6.45, 7) is 0. The Balaban J connectivity index is 2.04. The first-order valence-electron chi connectivity index (χ1n) is 8.42. The van der Waals surface area contributed by atoms with Gasteiger partial charge in [-0.05, 0) is 59.4 Å². The molecule has 1 aliphatic rings. The van der Waals surface area contributed by atoms with E-state index in [0.717, 1.165) is 35.7 Å². The molecule has 0 bridgehead atoms. The molecule has 3 unspecified atom stereocenters. The number of hydrogen-bond acceptors (Lipinski definition) is 2. The molecule has 132 valence electrons. The normalized spacial score (nSPS) is 20.8. The predicted octanol–water partition coefficient (Wildman–Crippen LogP) is 5.75. The van der Waals surface area contributed by atoms with E-state index in [4.69, 9.17) is 23.2 Å². The van der Waals surface area contributed by atoms with Gasteiger partial charge in [0, 0.05) is 21.9 Å². The van der Waals surface area contributed by atoms with Crippen molar-refractivity contribution in [3.8, 4) is 0 Å². The van der Waals surface area contributed by atoms with Gasteiger partial charge < -0.3 is 4.79 Å². The highest BCUT2D eigenvalue weighted by Crippen LogP contribution is 2.51. The van der Waals surface area contributed by atoms with Crippen molar-refractivity contribution in [1.29, 1.82) is 0 Å². The molecule has 4 heteroatoms. The lowest BCUT2D eigenvalue weighted by Crippen LogP contribution is -2.06. The van der Waals surface area contributed by atoms with Crippen molar-refractivity contribution in [2.45, 2.75) is 12.3 Å². The first-order valence-corrected chi connectivity index (χ1v) is 9.17. The minimum atomic E-state index is 0.0225. The summed E-state index contributed by atoms with van der Waals surface area (Å²) in [5, 5.41) is 1.34. The zero-order valence-electron chi connectivity index (χ0n) is 14.0. The third-order valence-corrected chi connectivity index (χ3v) is 5.16. The van der Waals surface area contributed by atoms with E-state index >= 15 is 0 Å². The molecular weight excluding hydrogens is 367 g/mol. The maximum absolute atomic E-state index is 11.3. The van der Waals surface area contributed by atoms with Crippen molar-refractivity contribution in [2.75, 3.05) is 0 Å². The molecule has 3 rings (SSSR count). The molecule has 0 amide bonds. The third kappa shape index (κ3) is 4.51. The van der Waals surface area contributed by atoms with Crippen LogP contribution in [-0.4, -0.2) is 12.6 Å². The van der Waals surface area contributed by atoms with Gasteiger partial charge in [0.1, 0.15) is 12.6 Å². The van der Waals surface area contributed by atoms with Crippen LogP contribution in [0.2, 0.25) is 10.0 Å². The Hall–Kier alpha value is -2.16. The molecule has 1 saturated carbocycles. The fourth-order valence-electron chi connectivity index (χ4n) is 3.28. The van der Waals surface area contributed by atoms with Crippen LogP contribution in [0.15, 0.2) is 66.3 Å². The lowest BCUT2D eigenvalue weighted by atomic mass is 9.84. The number of benzene rings is 2. The van der Waals surface area contributed by atoms with E-state index in [9.17, 15) is 9.59 Å². The molecule has 0 radical (unpaired) electrons. The quantitative estimate of drug-likeness (QED) is 0.345. The Bertz CT molecular complexity index is 835. The first-order chi connectivity index (χ1) is 12.6. The predicted molar refractivity (Wildman–Crippen MR) is 106 cm³/mol. The van der Waals surface area contributed by atoms with E-state index in [-0.39, 0.29) is 17.8 Å². The van der Waals surface area contributed by atoms with Crippen molar-refractivity contribution in [2.24, 2.45) is 11.8 Å². The van der Waals surface area contributed by atoms with Crippen LogP contribution in [0.3, 0.4) is 0 Å². The molecule has 1 aliphatic carbocycles. The Morgan fingerprint density at radius 2 is 1.58 bits per heavy atom. The molecule has 0 spiro atoms. The number of carbonyl (C=O) groups is 2. The number of hydrogen-bond donors (Lipinski definition) is 0. The van der Waals surface area contributed by atoms with Crippen LogP contribution in [0, 0.1) is 11.8 Å². The van der Waals surface area contributed by atoms with Crippen LogP contribution in [0.5, 0.6) is 0 Å². The Morgan fingerprint density at radius 1 is 0.962 bits per heavy atom. The van der Waals surface area contributed by atoms with Gasteiger partial charge in [0.05, 0.1) is 0 Å². The highest BCUT2D eigenvalue weighted by molar-refractivity contribution is 6.30. The second-order valence-electron chi connectivity index (χ2n) is 6.42. The van der Waals surface area contributed by atoms with Gasteiger partial charge in [0.2, 0.25) is 0 Å². The molecule has 0 N–H and O–H groups in total. The third-order valence-electron chi connectivity index (χ3n) is 4.65. The molecule has 1 fully saturated rings. The summed E-state index contributed by atoms with van der Waals surface area (Å²) in [5.41, 5.74) is 3.05. The van der Waals surface area contributed by atoms with Crippen LogP contribution >= 0.6 is 23.2 Å². The lowest BCUT2D eigenvalue weighted by Gasteiger charge is -2.19. The topological polar surface area (TPSA) is 34.1 Å². The molecule has 2 nitrogen and oxygen atoms in total. The van der Waals surface area contributed by atoms with Gasteiger partial charge in [-0.2, -0.15) is 0 Å².